The first kappa shape index (κ1) is 9.86. The highest BCUT2D eigenvalue weighted by Gasteiger charge is 1.93. The minimum Gasteiger partial charge on any atom is -0.0888 e. The molecule has 0 spiro atoms. The van der Waals surface area contributed by atoms with Gasteiger partial charge in [0.25, 0.3) is 0 Å². The molecule has 0 aromatic heterocycles. The van der Waals surface area contributed by atoms with Gasteiger partial charge in [-0.25, -0.2) is 0 Å². The summed E-state index contributed by atoms with van der Waals surface area (Å²) in [6, 6.07) is 8.68. The maximum absolute atomic E-state index is 6.81. The van der Waals surface area contributed by atoms with Crippen molar-refractivity contribution in [3.8, 4) is 5.92 Å². The molecule has 67 valence electrons. The summed E-state index contributed by atoms with van der Waals surface area (Å²) in [7, 11) is 0. The summed E-state index contributed by atoms with van der Waals surface area (Å²) < 4.78 is 0. The molecule has 1 aromatic rings. The Morgan fingerprint density at radius 3 is 2.08 bits per heavy atom. The third kappa shape index (κ3) is 3.34. The topological polar surface area (TPSA) is 0 Å². The van der Waals surface area contributed by atoms with E-state index in [4.69, 9.17) is 6.42 Å². The summed E-state index contributed by atoms with van der Waals surface area (Å²) in [5.74, 6) is 2.41. The lowest BCUT2D eigenvalue weighted by Crippen LogP contribution is -1.86. The second-order valence-electron chi connectivity index (χ2n) is 3.24. The van der Waals surface area contributed by atoms with Crippen molar-refractivity contribution in [1.29, 1.82) is 0 Å². The van der Waals surface area contributed by atoms with Crippen molar-refractivity contribution in [2.45, 2.75) is 32.6 Å². The first-order valence-corrected chi connectivity index (χ1v) is 4.84. The zero-order chi connectivity index (χ0) is 9.52. The van der Waals surface area contributed by atoms with E-state index in [1.807, 2.05) is 0 Å². The molecule has 0 N–H and O–H groups in total. The van der Waals surface area contributed by atoms with Crippen molar-refractivity contribution < 1.29 is 0 Å². The SMILES string of the molecule is [C]#CCCc1ccc(CCC)cc1. The second kappa shape index (κ2) is 5.43. The molecule has 0 amide bonds. The highest BCUT2D eigenvalue weighted by Crippen LogP contribution is 2.08. The lowest BCUT2D eigenvalue weighted by Gasteiger charge is -2.00. The predicted molar refractivity (Wildman–Crippen MR) is 55.9 cm³/mol. The molecule has 0 saturated heterocycles. The van der Waals surface area contributed by atoms with E-state index in [2.05, 4.69) is 37.1 Å². The van der Waals surface area contributed by atoms with Gasteiger partial charge >= 0.3 is 0 Å². The van der Waals surface area contributed by atoms with E-state index in [1.165, 1.54) is 17.5 Å². The average Bonchev–Trinajstić information content (AvgIpc) is 2.17. The molecule has 0 aliphatic rings. The van der Waals surface area contributed by atoms with Crippen molar-refractivity contribution >= 4 is 0 Å². The van der Waals surface area contributed by atoms with Crippen molar-refractivity contribution in [3.05, 3.63) is 41.8 Å². The van der Waals surface area contributed by atoms with Crippen LogP contribution in [0, 0.1) is 12.3 Å². The second-order valence-corrected chi connectivity index (χ2v) is 3.24. The van der Waals surface area contributed by atoms with Crippen LogP contribution in [0.3, 0.4) is 0 Å². The number of hydrogen-bond acceptors (Lipinski definition) is 0. The van der Waals surface area contributed by atoms with Gasteiger partial charge in [0, 0.05) is 6.42 Å². The third-order valence-electron chi connectivity index (χ3n) is 2.10. The fourth-order valence-electron chi connectivity index (χ4n) is 1.37. The van der Waals surface area contributed by atoms with Crippen LogP contribution >= 0.6 is 0 Å². The zero-order valence-corrected chi connectivity index (χ0v) is 8.14. The van der Waals surface area contributed by atoms with Gasteiger partial charge in [0.05, 0.1) is 0 Å². The third-order valence-corrected chi connectivity index (χ3v) is 2.10. The van der Waals surface area contributed by atoms with Crippen LogP contribution in [0.5, 0.6) is 0 Å². The molecular formula is C13H15. The van der Waals surface area contributed by atoms with Gasteiger partial charge < -0.3 is 0 Å². The molecule has 1 radical (unpaired) electrons. The summed E-state index contributed by atoms with van der Waals surface area (Å²) in [4.78, 5) is 0. The molecule has 0 heterocycles. The summed E-state index contributed by atoms with van der Waals surface area (Å²) in [6.45, 7) is 2.19. The van der Waals surface area contributed by atoms with Gasteiger partial charge in [0.2, 0.25) is 0 Å². The fraction of sp³-hybridized carbons (Fsp3) is 0.385. The van der Waals surface area contributed by atoms with Gasteiger partial charge in [0.15, 0.2) is 0 Å². The highest BCUT2D eigenvalue weighted by molar-refractivity contribution is 5.23. The Balaban J connectivity index is 2.54. The van der Waals surface area contributed by atoms with Gasteiger partial charge in [-0.3, -0.25) is 0 Å². The quantitative estimate of drug-likeness (QED) is 0.610. The van der Waals surface area contributed by atoms with Crippen LogP contribution in [0.1, 0.15) is 30.9 Å². The molecule has 13 heavy (non-hydrogen) atoms. The first-order chi connectivity index (χ1) is 6.36. The maximum atomic E-state index is 6.81. The minimum absolute atomic E-state index is 0.729. The van der Waals surface area contributed by atoms with Gasteiger partial charge in [-0.1, -0.05) is 43.5 Å². The van der Waals surface area contributed by atoms with E-state index in [1.54, 1.807) is 0 Å². The summed E-state index contributed by atoms with van der Waals surface area (Å²) in [6.07, 6.45) is 10.8. The first-order valence-electron chi connectivity index (χ1n) is 4.84. The molecule has 0 aliphatic heterocycles. The van der Waals surface area contributed by atoms with Crippen molar-refractivity contribution in [2.75, 3.05) is 0 Å². The Bertz CT molecular complexity index is 274. The van der Waals surface area contributed by atoms with E-state index in [-0.39, 0.29) is 0 Å². The summed E-state index contributed by atoms with van der Waals surface area (Å²) in [5, 5.41) is 0. The van der Waals surface area contributed by atoms with Crippen LogP contribution in [0.2, 0.25) is 0 Å². The molecule has 0 aliphatic carbocycles. The van der Waals surface area contributed by atoms with Crippen LogP contribution in [0.4, 0.5) is 0 Å². The van der Waals surface area contributed by atoms with Crippen LogP contribution in [-0.2, 0) is 12.8 Å². The van der Waals surface area contributed by atoms with Crippen molar-refractivity contribution in [1.82, 2.24) is 0 Å². The van der Waals surface area contributed by atoms with Crippen molar-refractivity contribution in [2.24, 2.45) is 0 Å². The number of rotatable bonds is 4. The molecule has 0 bridgehead atoms. The average molecular weight is 171 g/mol. The van der Waals surface area contributed by atoms with E-state index in [9.17, 15) is 0 Å². The Morgan fingerprint density at radius 1 is 1.08 bits per heavy atom. The van der Waals surface area contributed by atoms with Crippen LogP contribution < -0.4 is 0 Å². The Hall–Kier alpha value is -1.22. The molecule has 0 fully saturated rings. The van der Waals surface area contributed by atoms with E-state index >= 15 is 0 Å². The predicted octanol–water partition coefficient (Wildman–Crippen LogP) is 3.16. The summed E-state index contributed by atoms with van der Waals surface area (Å²) >= 11 is 0. The zero-order valence-electron chi connectivity index (χ0n) is 8.14. The molecule has 1 aromatic carbocycles. The smallest absolute Gasteiger partial charge is 0.0139 e. The number of aryl methyl sites for hydroxylation is 2. The van der Waals surface area contributed by atoms with Crippen LogP contribution in [-0.4, -0.2) is 0 Å². The lowest BCUT2D eigenvalue weighted by atomic mass is 10.1. The van der Waals surface area contributed by atoms with Crippen LogP contribution in [0.25, 0.3) is 0 Å². The maximum Gasteiger partial charge on any atom is 0.0139 e. The number of hydrogen-bond donors (Lipinski definition) is 0. The largest absolute Gasteiger partial charge is 0.0888 e. The lowest BCUT2D eigenvalue weighted by molar-refractivity contribution is 0.918. The molecule has 0 saturated carbocycles. The molecule has 0 nitrogen and oxygen atoms in total. The number of benzene rings is 1. The fourth-order valence-corrected chi connectivity index (χ4v) is 1.37. The Morgan fingerprint density at radius 2 is 1.62 bits per heavy atom. The van der Waals surface area contributed by atoms with E-state index in [0.717, 1.165) is 19.3 Å². The van der Waals surface area contributed by atoms with Crippen LogP contribution in [0.15, 0.2) is 24.3 Å². The van der Waals surface area contributed by atoms with Gasteiger partial charge in [-0.2, -0.15) is 0 Å². The monoisotopic (exact) mass is 171 g/mol. The Kier molecular flexibility index (Phi) is 4.12. The Labute approximate surface area is 81.0 Å². The normalized spacial score (nSPS) is 9.54. The standard InChI is InChI=1S/C13H15/c1-3-5-7-13-10-8-12(6-4-2)9-11-13/h8-11H,4-7H2,2H3. The molecule has 0 atom stereocenters. The summed E-state index contributed by atoms with van der Waals surface area (Å²) in [5.41, 5.74) is 2.71. The molecule has 0 unspecified atom stereocenters. The van der Waals surface area contributed by atoms with Gasteiger partial charge in [0.1, 0.15) is 0 Å². The molecule has 1 rings (SSSR count). The molecule has 0 heteroatoms. The van der Waals surface area contributed by atoms with Gasteiger partial charge in [-0.05, 0) is 30.4 Å². The van der Waals surface area contributed by atoms with Gasteiger partial charge in [-0.15, -0.1) is 0 Å². The van der Waals surface area contributed by atoms with E-state index in [0.29, 0.717) is 0 Å². The minimum atomic E-state index is 0.729. The van der Waals surface area contributed by atoms with E-state index < -0.39 is 0 Å². The highest BCUT2D eigenvalue weighted by atomic mass is 14.0. The molecular weight excluding hydrogens is 156 g/mol. The van der Waals surface area contributed by atoms with Crippen molar-refractivity contribution in [3.63, 3.8) is 0 Å².